The minimum atomic E-state index is -2.91. The molecule has 0 amide bonds. The summed E-state index contributed by atoms with van der Waals surface area (Å²) in [5, 5.41) is 8.70. The molecule has 0 fully saturated rings. The van der Waals surface area contributed by atoms with Crippen LogP contribution in [0.25, 0.3) is 22.3 Å². The van der Waals surface area contributed by atoms with E-state index >= 15 is 0 Å². The highest BCUT2D eigenvalue weighted by Gasteiger charge is 2.10. The van der Waals surface area contributed by atoms with Crippen molar-refractivity contribution >= 4 is 18.2 Å². The number of ether oxygens (including phenoxy) is 2. The Morgan fingerprint density at radius 2 is 1.13 bits per heavy atom. The van der Waals surface area contributed by atoms with Gasteiger partial charge in [0, 0.05) is 11.1 Å². The van der Waals surface area contributed by atoms with E-state index in [9.17, 15) is 26.3 Å². The van der Waals surface area contributed by atoms with Crippen molar-refractivity contribution in [2.75, 3.05) is 5.73 Å². The van der Waals surface area contributed by atoms with Crippen LogP contribution in [0.15, 0.2) is 73.1 Å². The quantitative estimate of drug-likeness (QED) is 0.262. The Labute approximate surface area is 218 Å². The monoisotopic (exact) mass is 554 g/mol. The molecule has 4 aromatic rings. The number of anilines is 1. The van der Waals surface area contributed by atoms with Gasteiger partial charge in [-0.25, -0.2) is 18.7 Å². The smallest absolute Gasteiger partial charge is 0.387 e. The van der Waals surface area contributed by atoms with Crippen LogP contribution in [-0.4, -0.2) is 23.2 Å². The third-order valence-corrected chi connectivity index (χ3v) is 4.63. The maximum Gasteiger partial charge on any atom is 0.387 e. The van der Waals surface area contributed by atoms with E-state index in [0.29, 0.717) is 11.1 Å². The summed E-state index contributed by atoms with van der Waals surface area (Å²) >= 11 is 0. The second-order valence-corrected chi connectivity index (χ2v) is 7.06. The molecule has 2 aromatic carbocycles. The molecule has 0 aliphatic carbocycles. The predicted molar refractivity (Wildman–Crippen MR) is 129 cm³/mol. The van der Waals surface area contributed by atoms with Gasteiger partial charge < -0.3 is 15.2 Å². The van der Waals surface area contributed by atoms with Crippen molar-refractivity contribution in [2.45, 2.75) is 13.2 Å². The molecule has 0 bridgehead atoms. The van der Waals surface area contributed by atoms with Crippen LogP contribution in [0.4, 0.5) is 32.2 Å². The van der Waals surface area contributed by atoms with Crippen molar-refractivity contribution in [1.29, 1.82) is 5.26 Å². The van der Waals surface area contributed by atoms with E-state index in [1.54, 1.807) is 6.07 Å². The van der Waals surface area contributed by atoms with Crippen molar-refractivity contribution in [3.05, 3.63) is 90.4 Å². The molecule has 38 heavy (non-hydrogen) atoms. The molecule has 0 aliphatic rings. The van der Waals surface area contributed by atoms with Crippen molar-refractivity contribution in [3.8, 4) is 39.8 Å². The zero-order valence-electron chi connectivity index (χ0n) is 19.0. The molecule has 2 heterocycles. The highest BCUT2D eigenvalue weighted by Crippen LogP contribution is 2.27. The standard InChI is InChI=1S/C13H7F3N2O.C12H9F3N2O.ClH/c14-12-7-18-9(6-17)5-11(12)8-1-3-10(4-2-8)19-13(15)16;13-10-6-17-11(16)5-9(10)7-1-3-8(4-2-7)18-12(14)15;/h1-5,7,13H;1-6,12H,(H2,16,17);1H. The summed E-state index contributed by atoms with van der Waals surface area (Å²) in [4.78, 5) is 7.18. The number of nitrogens with zero attached hydrogens (tertiary/aromatic N) is 3. The SMILES string of the molecule is Cl.N#Cc1cc(-c2ccc(OC(F)F)cc2)c(F)cn1.Nc1cc(-c2ccc(OC(F)F)cc2)c(F)cn1. The molecule has 0 aliphatic heterocycles. The number of hydrogen-bond donors (Lipinski definition) is 1. The van der Waals surface area contributed by atoms with Crippen molar-refractivity contribution in [2.24, 2.45) is 0 Å². The Morgan fingerprint density at radius 1 is 0.711 bits per heavy atom. The largest absolute Gasteiger partial charge is 0.435 e. The van der Waals surface area contributed by atoms with E-state index < -0.39 is 24.9 Å². The van der Waals surface area contributed by atoms with E-state index in [1.165, 1.54) is 60.7 Å². The lowest BCUT2D eigenvalue weighted by atomic mass is 10.1. The van der Waals surface area contributed by atoms with Crippen LogP contribution in [-0.2, 0) is 0 Å². The van der Waals surface area contributed by atoms with E-state index in [0.717, 1.165) is 12.4 Å². The minimum Gasteiger partial charge on any atom is -0.435 e. The van der Waals surface area contributed by atoms with Crippen LogP contribution in [0.3, 0.4) is 0 Å². The molecule has 0 atom stereocenters. The van der Waals surface area contributed by atoms with E-state index in [4.69, 9.17) is 11.0 Å². The first kappa shape index (κ1) is 29.7. The molecule has 2 N–H and O–H groups in total. The van der Waals surface area contributed by atoms with Gasteiger partial charge in [0.1, 0.15) is 40.7 Å². The number of nitrogen functional groups attached to an aromatic ring is 1. The number of pyridine rings is 2. The van der Waals surface area contributed by atoms with Crippen LogP contribution >= 0.6 is 12.4 Å². The molecule has 0 radical (unpaired) electrons. The average molecular weight is 555 g/mol. The Morgan fingerprint density at radius 3 is 1.55 bits per heavy atom. The first-order valence-electron chi connectivity index (χ1n) is 10.2. The van der Waals surface area contributed by atoms with Gasteiger partial charge in [0.15, 0.2) is 0 Å². The van der Waals surface area contributed by atoms with Crippen LogP contribution in [0.5, 0.6) is 11.5 Å². The molecular weight excluding hydrogens is 538 g/mol. The number of halogens is 7. The summed E-state index contributed by atoms with van der Waals surface area (Å²) < 4.78 is 83.3. The molecule has 13 heteroatoms. The summed E-state index contributed by atoms with van der Waals surface area (Å²) in [6, 6.07) is 15.5. The second kappa shape index (κ2) is 13.7. The third-order valence-electron chi connectivity index (χ3n) is 4.63. The number of alkyl halides is 4. The summed E-state index contributed by atoms with van der Waals surface area (Å²) in [6.07, 6.45) is 1.95. The first-order valence-corrected chi connectivity index (χ1v) is 10.2. The molecule has 0 saturated carbocycles. The van der Waals surface area contributed by atoms with Gasteiger partial charge >= 0.3 is 13.2 Å². The lowest BCUT2D eigenvalue weighted by Gasteiger charge is -2.07. The van der Waals surface area contributed by atoms with Gasteiger partial charge in [0.2, 0.25) is 0 Å². The van der Waals surface area contributed by atoms with E-state index in [-0.39, 0.29) is 46.5 Å². The fourth-order valence-electron chi connectivity index (χ4n) is 3.03. The molecular formula is C25H17ClF6N4O2. The lowest BCUT2D eigenvalue weighted by molar-refractivity contribution is -0.0505. The Bertz CT molecular complexity index is 1380. The number of nitrogens with two attached hydrogens (primary N) is 1. The van der Waals surface area contributed by atoms with Crippen molar-refractivity contribution < 1.29 is 35.8 Å². The van der Waals surface area contributed by atoms with Crippen LogP contribution in [0.2, 0.25) is 0 Å². The molecule has 4 rings (SSSR count). The summed E-state index contributed by atoms with van der Waals surface area (Å²) in [6.45, 7) is -5.79. The summed E-state index contributed by atoms with van der Waals surface area (Å²) in [7, 11) is 0. The molecule has 0 saturated heterocycles. The number of benzene rings is 2. The van der Waals surface area contributed by atoms with Gasteiger partial charge in [-0.1, -0.05) is 24.3 Å². The van der Waals surface area contributed by atoms with Gasteiger partial charge in [0.25, 0.3) is 0 Å². The lowest BCUT2D eigenvalue weighted by Crippen LogP contribution is -2.01. The molecule has 2 aromatic heterocycles. The van der Waals surface area contributed by atoms with Crippen LogP contribution in [0, 0.1) is 23.0 Å². The van der Waals surface area contributed by atoms with E-state index in [2.05, 4.69) is 19.4 Å². The second-order valence-electron chi connectivity index (χ2n) is 7.06. The fourth-order valence-corrected chi connectivity index (χ4v) is 3.03. The number of aromatic nitrogens is 2. The normalized spacial score (nSPS) is 10.2. The topological polar surface area (TPSA) is 94.0 Å². The van der Waals surface area contributed by atoms with Crippen LogP contribution < -0.4 is 15.2 Å². The number of nitriles is 1. The minimum absolute atomic E-state index is 0. The third kappa shape index (κ3) is 8.28. The fraction of sp³-hybridized carbons (Fsp3) is 0.0800. The Hall–Kier alpha value is -4.50. The van der Waals surface area contributed by atoms with Gasteiger partial charge in [-0.05, 0) is 47.5 Å². The summed E-state index contributed by atoms with van der Waals surface area (Å²) in [5.41, 5.74) is 6.91. The molecule has 0 unspecified atom stereocenters. The average Bonchev–Trinajstić information content (AvgIpc) is 2.87. The van der Waals surface area contributed by atoms with Crippen LogP contribution in [0.1, 0.15) is 5.69 Å². The molecule has 198 valence electrons. The van der Waals surface area contributed by atoms with Crippen molar-refractivity contribution in [3.63, 3.8) is 0 Å². The van der Waals surface area contributed by atoms with E-state index in [1.807, 2.05) is 0 Å². The molecule has 0 spiro atoms. The van der Waals surface area contributed by atoms with Gasteiger partial charge in [-0.15, -0.1) is 12.4 Å². The van der Waals surface area contributed by atoms with Gasteiger partial charge in [-0.2, -0.15) is 22.8 Å². The number of rotatable bonds is 6. The highest BCUT2D eigenvalue weighted by atomic mass is 35.5. The van der Waals surface area contributed by atoms with Gasteiger partial charge in [-0.3, -0.25) is 0 Å². The molecule has 6 nitrogen and oxygen atoms in total. The zero-order valence-corrected chi connectivity index (χ0v) is 19.8. The maximum atomic E-state index is 13.6. The zero-order chi connectivity index (χ0) is 26.9. The first-order chi connectivity index (χ1) is 17.7. The maximum absolute atomic E-state index is 13.6. The number of hydrogen-bond acceptors (Lipinski definition) is 6. The van der Waals surface area contributed by atoms with Gasteiger partial charge in [0.05, 0.1) is 12.4 Å². The summed E-state index contributed by atoms with van der Waals surface area (Å²) in [5.74, 6) is -0.961. The predicted octanol–water partition coefficient (Wildman–Crippen LogP) is 6.85. The van der Waals surface area contributed by atoms with Crippen molar-refractivity contribution in [1.82, 2.24) is 9.97 Å². The Balaban J connectivity index is 0.000000260. The highest BCUT2D eigenvalue weighted by molar-refractivity contribution is 5.85. The Kier molecular flexibility index (Phi) is 10.7.